The van der Waals surface area contributed by atoms with Crippen molar-refractivity contribution in [2.75, 3.05) is 11.1 Å². The van der Waals surface area contributed by atoms with Gasteiger partial charge in [-0.3, -0.25) is 9.59 Å². The van der Waals surface area contributed by atoms with Gasteiger partial charge in [0.2, 0.25) is 11.8 Å². The molecule has 12 nitrogen and oxygen atoms in total. The number of nitrogen functional groups attached to an aromatic ring is 1. The number of nitrogens with two attached hydrogens (primary N) is 1. The first-order valence-corrected chi connectivity index (χ1v) is 14.8. The lowest BCUT2D eigenvalue weighted by Gasteiger charge is -2.23. The molecular formula is C33H31FN8O4. The smallest absolute Gasteiger partial charge is 0.326 e. The van der Waals surface area contributed by atoms with Gasteiger partial charge in [0.25, 0.3) is 0 Å². The molecule has 5 N–H and O–H groups in total. The molecule has 0 bridgehead atoms. The number of nitrogens with zero attached hydrogens (tertiary/aromatic N) is 5. The molecule has 1 aliphatic heterocycles. The number of carboxylic acid groups (broad SMARTS) is 1. The number of amides is 2. The van der Waals surface area contributed by atoms with Crippen molar-refractivity contribution in [1.29, 1.82) is 0 Å². The normalized spacial score (nSPS) is 16.2. The molecule has 2 aromatic carbocycles. The van der Waals surface area contributed by atoms with Gasteiger partial charge in [-0.25, -0.2) is 28.8 Å². The minimum Gasteiger partial charge on any atom is -0.480 e. The third kappa shape index (κ3) is 5.40. The molecule has 0 saturated heterocycles. The van der Waals surface area contributed by atoms with E-state index in [-0.39, 0.29) is 48.1 Å². The fourth-order valence-electron chi connectivity index (χ4n) is 5.73. The summed E-state index contributed by atoms with van der Waals surface area (Å²) in [6.07, 6.45) is 2.42. The van der Waals surface area contributed by atoms with E-state index in [0.717, 1.165) is 5.56 Å². The van der Waals surface area contributed by atoms with Gasteiger partial charge >= 0.3 is 5.97 Å². The number of hydrogen-bond donors (Lipinski definition) is 4. The Morgan fingerprint density at radius 2 is 1.87 bits per heavy atom. The topological polar surface area (TPSA) is 178 Å². The van der Waals surface area contributed by atoms with E-state index in [1.165, 1.54) is 6.07 Å². The van der Waals surface area contributed by atoms with Crippen LogP contribution < -0.4 is 16.4 Å². The number of aliphatic carboxylic acids is 1. The molecular weight excluding hydrogens is 591 g/mol. The molecule has 0 fully saturated rings. The van der Waals surface area contributed by atoms with Gasteiger partial charge in [0, 0.05) is 18.2 Å². The number of carbonyl (C=O) groups is 3. The molecule has 3 aromatic heterocycles. The first-order valence-electron chi connectivity index (χ1n) is 14.8. The third-order valence-corrected chi connectivity index (χ3v) is 8.33. The van der Waals surface area contributed by atoms with E-state index < -0.39 is 17.4 Å². The van der Waals surface area contributed by atoms with E-state index in [2.05, 4.69) is 30.7 Å². The van der Waals surface area contributed by atoms with Gasteiger partial charge in [-0.1, -0.05) is 49.4 Å². The highest BCUT2D eigenvalue weighted by molar-refractivity contribution is 6.09. The van der Waals surface area contributed by atoms with Crippen LogP contribution in [-0.4, -0.2) is 53.7 Å². The standard InChI is InChI=1S/C33H31FN8O4/c1-3-23(31(44)45)37-24(43)15-12-18-10-13-20(14-11-18)33(2)25-27(35)38-29(39-28(25)40-32(33)46)26-21-8-6-16-36-30(21)42(41-26)17-19-7-4-5-9-22(19)34/h4-11,13-14,16,23H,3,12,15,17H2,1-2H3,(H,37,43)(H,44,45)(H3,35,38,39,40,46)/t23-,33?/m0/s1. The number of fused-ring (bicyclic) bond motifs is 2. The number of nitrogens with one attached hydrogen (secondary N) is 2. The summed E-state index contributed by atoms with van der Waals surface area (Å²) in [5.74, 6) is -1.55. The lowest BCUT2D eigenvalue weighted by Crippen LogP contribution is -2.40. The second kappa shape index (κ2) is 12.0. The summed E-state index contributed by atoms with van der Waals surface area (Å²) in [5, 5.41) is 19.9. The summed E-state index contributed by atoms with van der Waals surface area (Å²) in [6, 6.07) is 16.3. The predicted octanol–water partition coefficient (Wildman–Crippen LogP) is 3.83. The van der Waals surface area contributed by atoms with Crippen molar-refractivity contribution < 1.29 is 23.9 Å². The van der Waals surface area contributed by atoms with Crippen LogP contribution in [0.4, 0.5) is 16.0 Å². The van der Waals surface area contributed by atoms with E-state index in [9.17, 15) is 18.8 Å². The van der Waals surface area contributed by atoms with Crippen LogP contribution in [0.15, 0.2) is 66.9 Å². The Hall–Kier alpha value is -5.72. The number of aryl methyl sites for hydroxylation is 1. The van der Waals surface area contributed by atoms with Gasteiger partial charge in [0.05, 0.1) is 17.5 Å². The maximum absolute atomic E-state index is 14.5. The molecule has 0 saturated carbocycles. The molecule has 6 rings (SSSR count). The zero-order valence-corrected chi connectivity index (χ0v) is 25.1. The Morgan fingerprint density at radius 3 is 2.59 bits per heavy atom. The molecule has 4 heterocycles. The average Bonchev–Trinajstić information content (AvgIpc) is 3.54. The number of anilines is 2. The average molecular weight is 623 g/mol. The number of hydrogen-bond acceptors (Lipinski definition) is 8. The van der Waals surface area contributed by atoms with Crippen LogP contribution >= 0.6 is 0 Å². The summed E-state index contributed by atoms with van der Waals surface area (Å²) in [4.78, 5) is 50.6. The van der Waals surface area contributed by atoms with Gasteiger partial charge in [0.15, 0.2) is 11.5 Å². The highest BCUT2D eigenvalue weighted by atomic mass is 19.1. The second-order valence-corrected chi connectivity index (χ2v) is 11.3. The van der Waals surface area contributed by atoms with Gasteiger partial charge in [-0.05, 0) is 49.1 Å². The fraction of sp³-hybridized carbons (Fsp3) is 0.242. The lowest BCUT2D eigenvalue weighted by atomic mass is 9.77. The number of halogens is 1. The Morgan fingerprint density at radius 1 is 1.11 bits per heavy atom. The molecule has 0 aliphatic carbocycles. The van der Waals surface area contributed by atoms with E-state index in [4.69, 9.17) is 10.8 Å². The van der Waals surface area contributed by atoms with Crippen LogP contribution in [0.3, 0.4) is 0 Å². The maximum atomic E-state index is 14.5. The summed E-state index contributed by atoms with van der Waals surface area (Å²) in [5.41, 5.74) is 8.61. The van der Waals surface area contributed by atoms with Crippen molar-refractivity contribution in [2.45, 2.75) is 51.1 Å². The first-order chi connectivity index (χ1) is 22.1. The minimum absolute atomic E-state index is 0.103. The predicted molar refractivity (Wildman–Crippen MR) is 168 cm³/mol. The number of carbonyl (C=O) groups excluding carboxylic acids is 2. The monoisotopic (exact) mass is 622 g/mol. The quantitative estimate of drug-likeness (QED) is 0.180. The van der Waals surface area contributed by atoms with E-state index in [1.54, 1.807) is 61.1 Å². The number of rotatable bonds is 10. The van der Waals surface area contributed by atoms with Gasteiger partial charge in [-0.15, -0.1) is 0 Å². The zero-order chi connectivity index (χ0) is 32.6. The Labute approximate surface area is 262 Å². The molecule has 1 unspecified atom stereocenters. The highest BCUT2D eigenvalue weighted by Gasteiger charge is 2.47. The number of benzene rings is 2. The largest absolute Gasteiger partial charge is 0.480 e. The zero-order valence-electron chi connectivity index (χ0n) is 25.1. The number of pyridine rings is 1. The highest BCUT2D eigenvalue weighted by Crippen LogP contribution is 2.45. The van der Waals surface area contributed by atoms with Crippen LogP contribution in [0.2, 0.25) is 0 Å². The van der Waals surface area contributed by atoms with Crippen LogP contribution in [0.5, 0.6) is 0 Å². The number of carboxylic acids is 1. The van der Waals surface area contributed by atoms with Crippen molar-refractivity contribution in [3.05, 3.63) is 94.9 Å². The summed E-state index contributed by atoms with van der Waals surface area (Å²) >= 11 is 0. The first kappa shape index (κ1) is 30.3. The minimum atomic E-state index is -1.20. The van der Waals surface area contributed by atoms with Crippen LogP contribution in [-0.2, 0) is 32.8 Å². The van der Waals surface area contributed by atoms with Gasteiger partial charge in [-0.2, -0.15) is 5.10 Å². The summed E-state index contributed by atoms with van der Waals surface area (Å²) in [6.45, 7) is 3.57. The van der Waals surface area contributed by atoms with Crippen LogP contribution in [0.25, 0.3) is 22.6 Å². The third-order valence-electron chi connectivity index (χ3n) is 8.33. The van der Waals surface area contributed by atoms with Crippen molar-refractivity contribution in [1.82, 2.24) is 30.0 Å². The molecule has 46 heavy (non-hydrogen) atoms. The van der Waals surface area contributed by atoms with Crippen LogP contribution in [0, 0.1) is 5.82 Å². The molecule has 0 radical (unpaired) electrons. The Balaban J connectivity index is 1.28. The second-order valence-electron chi connectivity index (χ2n) is 11.3. The van der Waals surface area contributed by atoms with Crippen molar-refractivity contribution in [2.24, 2.45) is 0 Å². The summed E-state index contributed by atoms with van der Waals surface area (Å²) < 4.78 is 16.0. The fourth-order valence-corrected chi connectivity index (χ4v) is 5.73. The maximum Gasteiger partial charge on any atom is 0.326 e. The van der Waals surface area contributed by atoms with Crippen molar-refractivity contribution >= 4 is 40.5 Å². The van der Waals surface area contributed by atoms with E-state index in [0.29, 0.717) is 46.3 Å². The molecule has 2 amide bonds. The Bertz CT molecular complexity index is 1990. The Kier molecular flexibility index (Phi) is 7.90. The van der Waals surface area contributed by atoms with Gasteiger partial charge < -0.3 is 21.5 Å². The van der Waals surface area contributed by atoms with E-state index in [1.807, 2.05) is 18.2 Å². The van der Waals surface area contributed by atoms with Crippen molar-refractivity contribution in [3.8, 4) is 11.5 Å². The molecule has 2 atom stereocenters. The molecule has 0 spiro atoms. The molecule has 234 valence electrons. The van der Waals surface area contributed by atoms with E-state index >= 15 is 0 Å². The SMILES string of the molecule is CC[C@H](NC(=O)CCc1ccc(C2(C)C(=O)Nc3nc(-c4nn(Cc5ccccc5F)c5ncccc45)nc(N)c32)cc1)C(=O)O. The number of aromatic nitrogens is 5. The molecule has 1 aliphatic rings. The van der Waals surface area contributed by atoms with Gasteiger partial charge in [0.1, 0.15) is 34.6 Å². The molecule has 5 aromatic rings. The van der Waals surface area contributed by atoms with Crippen LogP contribution in [0.1, 0.15) is 48.9 Å². The van der Waals surface area contributed by atoms with Crippen molar-refractivity contribution in [3.63, 3.8) is 0 Å². The summed E-state index contributed by atoms with van der Waals surface area (Å²) in [7, 11) is 0. The lowest BCUT2D eigenvalue weighted by molar-refractivity contribution is -0.141. The molecule has 13 heteroatoms.